The van der Waals surface area contributed by atoms with Crippen molar-refractivity contribution in [1.29, 1.82) is 0 Å². The smallest absolute Gasteiger partial charge is 0.0847 e. The molecule has 21 heavy (non-hydrogen) atoms. The van der Waals surface area contributed by atoms with Crippen LogP contribution in [-0.2, 0) is 11.0 Å². The highest BCUT2D eigenvalue weighted by Crippen LogP contribution is 2.34. The summed E-state index contributed by atoms with van der Waals surface area (Å²) in [6.45, 7) is 14.5. The van der Waals surface area contributed by atoms with Gasteiger partial charge >= 0.3 is 0 Å². The van der Waals surface area contributed by atoms with Crippen molar-refractivity contribution in [2.45, 2.75) is 65.4 Å². The molecule has 2 heteroatoms. The summed E-state index contributed by atoms with van der Waals surface area (Å²) in [7, 11) is 0. The normalized spacial score (nSPS) is 13.2. The number of hydrogen-bond acceptors (Lipinski definition) is 2. The predicted molar refractivity (Wildman–Crippen MR) is 89.8 cm³/mol. The molecule has 0 radical (unpaired) electrons. The van der Waals surface area contributed by atoms with Gasteiger partial charge in [0.05, 0.1) is 11.1 Å². The van der Waals surface area contributed by atoms with Gasteiger partial charge in [0.1, 0.15) is 0 Å². The minimum atomic E-state index is -0.878. The molecule has 1 N–H and O–H groups in total. The summed E-state index contributed by atoms with van der Waals surface area (Å²) >= 11 is 0. The first kappa shape index (κ1) is 16.0. The third-order valence-corrected chi connectivity index (χ3v) is 3.92. The van der Waals surface area contributed by atoms with Crippen molar-refractivity contribution in [2.24, 2.45) is 0 Å². The van der Waals surface area contributed by atoms with Crippen molar-refractivity contribution in [2.75, 3.05) is 0 Å². The molecular weight excluding hydrogens is 258 g/mol. The van der Waals surface area contributed by atoms with Gasteiger partial charge in [0.2, 0.25) is 0 Å². The van der Waals surface area contributed by atoms with Crippen molar-refractivity contribution in [3.63, 3.8) is 0 Å². The van der Waals surface area contributed by atoms with Gasteiger partial charge in [-0.2, -0.15) is 0 Å². The first-order valence-electron chi connectivity index (χ1n) is 7.69. The van der Waals surface area contributed by atoms with E-state index in [2.05, 4.69) is 58.9 Å². The highest BCUT2D eigenvalue weighted by Gasteiger charge is 2.25. The molecule has 0 amide bonds. The lowest BCUT2D eigenvalue weighted by Crippen LogP contribution is -2.21. The first-order valence-corrected chi connectivity index (χ1v) is 7.69. The minimum absolute atomic E-state index is 0.0434. The topological polar surface area (TPSA) is 33.1 Å². The van der Waals surface area contributed by atoms with E-state index in [0.717, 1.165) is 22.2 Å². The zero-order valence-corrected chi connectivity index (χ0v) is 14.3. The lowest BCUT2D eigenvalue weighted by molar-refractivity contribution is 0.0799. The van der Waals surface area contributed by atoms with E-state index in [1.807, 2.05) is 13.8 Å². The molecule has 2 nitrogen and oxygen atoms in total. The third-order valence-electron chi connectivity index (χ3n) is 3.92. The number of aliphatic hydroxyl groups is 1. The van der Waals surface area contributed by atoms with Crippen LogP contribution in [0.5, 0.6) is 0 Å². The van der Waals surface area contributed by atoms with Crippen LogP contribution in [0.25, 0.3) is 10.9 Å². The van der Waals surface area contributed by atoms with E-state index in [-0.39, 0.29) is 5.41 Å². The highest BCUT2D eigenvalue weighted by molar-refractivity contribution is 5.86. The molecule has 0 bridgehead atoms. The fourth-order valence-electron chi connectivity index (χ4n) is 2.63. The molecule has 0 aliphatic heterocycles. The molecule has 1 aromatic heterocycles. The molecule has 1 heterocycles. The fraction of sp³-hybridized carbons (Fsp3) is 0.526. The molecular formula is C19H27NO. The van der Waals surface area contributed by atoms with E-state index in [9.17, 15) is 5.11 Å². The van der Waals surface area contributed by atoms with Crippen LogP contribution in [0, 0.1) is 0 Å². The van der Waals surface area contributed by atoms with Crippen LogP contribution in [0.3, 0.4) is 0 Å². The number of rotatable bonds is 2. The number of hydrogen-bond donors (Lipinski definition) is 1. The summed E-state index contributed by atoms with van der Waals surface area (Å²) in [5.74, 6) is 0.408. The van der Waals surface area contributed by atoms with Crippen LogP contribution in [0.15, 0.2) is 24.3 Å². The van der Waals surface area contributed by atoms with Crippen molar-refractivity contribution in [1.82, 2.24) is 4.98 Å². The van der Waals surface area contributed by atoms with E-state index in [1.165, 1.54) is 5.56 Å². The lowest BCUT2D eigenvalue weighted by Gasteiger charge is -2.26. The Morgan fingerprint density at radius 2 is 1.67 bits per heavy atom. The Morgan fingerprint density at radius 3 is 2.14 bits per heavy atom. The summed E-state index contributed by atoms with van der Waals surface area (Å²) in [4.78, 5) is 4.93. The number of fused-ring (bicyclic) bond motifs is 1. The summed E-state index contributed by atoms with van der Waals surface area (Å²) in [6.07, 6.45) is 0. The van der Waals surface area contributed by atoms with E-state index in [4.69, 9.17) is 4.98 Å². The van der Waals surface area contributed by atoms with Gasteiger partial charge in [-0.05, 0) is 37.0 Å². The molecule has 0 unspecified atom stereocenters. The van der Waals surface area contributed by atoms with Crippen LogP contribution >= 0.6 is 0 Å². The molecule has 2 aromatic rings. The Bertz CT molecular complexity index is 658. The van der Waals surface area contributed by atoms with Crippen LogP contribution in [0.4, 0.5) is 0 Å². The number of pyridine rings is 1. The van der Waals surface area contributed by atoms with Gasteiger partial charge in [0, 0.05) is 16.5 Å². The summed E-state index contributed by atoms with van der Waals surface area (Å²) < 4.78 is 0. The Labute approximate surface area is 128 Å². The van der Waals surface area contributed by atoms with Crippen molar-refractivity contribution >= 4 is 10.9 Å². The SMILES string of the molecule is CC(C)c1cccc2c(C(C)(C)O)cc(C(C)(C)C)nc12. The molecule has 1 aromatic carbocycles. The Kier molecular flexibility index (Phi) is 3.88. The van der Waals surface area contributed by atoms with Gasteiger partial charge in [-0.25, -0.2) is 0 Å². The van der Waals surface area contributed by atoms with Gasteiger partial charge < -0.3 is 5.11 Å². The second kappa shape index (κ2) is 5.10. The summed E-state index contributed by atoms with van der Waals surface area (Å²) in [5, 5.41) is 11.6. The molecule has 0 aliphatic rings. The summed E-state index contributed by atoms with van der Waals surface area (Å²) in [5.41, 5.74) is 3.33. The maximum absolute atomic E-state index is 10.6. The van der Waals surface area contributed by atoms with Crippen LogP contribution in [-0.4, -0.2) is 10.1 Å². The zero-order chi connectivity index (χ0) is 16.0. The molecule has 0 fully saturated rings. The molecule has 2 rings (SSSR count). The van der Waals surface area contributed by atoms with Gasteiger partial charge in [-0.15, -0.1) is 0 Å². The maximum Gasteiger partial charge on any atom is 0.0847 e. The fourth-order valence-corrected chi connectivity index (χ4v) is 2.63. The quantitative estimate of drug-likeness (QED) is 0.852. The van der Waals surface area contributed by atoms with Crippen molar-refractivity contribution in [3.05, 3.63) is 41.1 Å². The van der Waals surface area contributed by atoms with Gasteiger partial charge in [-0.3, -0.25) is 4.98 Å². The number of aromatic nitrogens is 1. The second-order valence-electron chi connectivity index (χ2n) is 7.76. The van der Waals surface area contributed by atoms with Crippen LogP contribution in [0.1, 0.15) is 71.2 Å². The second-order valence-corrected chi connectivity index (χ2v) is 7.76. The number of benzene rings is 1. The third kappa shape index (κ3) is 3.11. The monoisotopic (exact) mass is 285 g/mol. The number of para-hydroxylation sites is 1. The highest BCUT2D eigenvalue weighted by atomic mass is 16.3. The Morgan fingerprint density at radius 1 is 1.05 bits per heavy atom. The molecule has 114 valence electrons. The van der Waals surface area contributed by atoms with Gasteiger partial charge in [-0.1, -0.05) is 52.8 Å². The lowest BCUT2D eigenvalue weighted by atomic mass is 9.85. The molecule has 0 spiro atoms. The van der Waals surface area contributed by atoms with Gasteiger partial charge in [0.25, 0.3) is 0 Å². The van der Waals surface area contributed by atoms with Crippen molar-refractivity contribution in [3.8, 4) is 0 Å². The van der Waals surface area contributed by atoms with Gasteiger partial charge in [0.15, 0.2) is 0 Å². The molecule has 0 saturated heterocycles. The average Bonchev–Trinajstić information content (AvgIpc) is 2.34. The average molecular weight is 285 g/mol. The molecule has 0 saturated carbocycles. The molecule has 0 aliphatic carbocycles. The van der Waals surface area contributed by atoms with E-state index in [0.29, 0.717) is 5.92 Å². The van der Waals surface area contributed by atoms with E-state index >= 15 is 0 Å². The standard InChI is InChI=1S/C19H27NO/c1-12(2)13-9-8-10-14-15(19(6,7)21)11-16(18(3,4)5)20-17(13)14/h8-12,21H,1-7H3. The van der Waals surface area contributed by atoms with E-state index in [1.54, 1.807) is 0 Å². The molecule has 0 atom stereocenters. The predicted octanol–water partition coefficient (Wildman–Crippen LogP) is 4.88. The maximum atomic E-state index is 10.6. The largest absolute Gasteiger partial charge is 0.386 e. The van der Waals surface area contributed by atoms with Crippen LogP contribution < -0.4 is 0 Å². The van der Waals surface area contributed by atoms with Crippen LogP contribution in [0.2, 0.25) is 0 Å². The Balaban J connectivity index is 2.92. The Hall–Kier alpha value is -1.41. The minimum Gasteiger partial charge on any atom is -0.386 e. The van der Waals surface area contributed by atoms with E-state index < -0.39 is 5.60 Å². The number of nitrogens with zero attached hydrogens (tertiary/aromatic N) is 1. The summed E-state index contributed by atoms with van der Waals surface area (Å²) in [6, 6.07) is 8.33. The first-order chi connectivity index (χ1) is 9.51. The zero-order valence-electron chi connectivity index (χ0n) is 14.3. The van der Waals surface area contributed by atoms with Crippen molar-refractivity contribution < 1.29 is 5.11 Å².